The predicted molar refractivity (Wildman–Crippen MR) is 136 cm³/mol. The fraction of sp³-hybridized carbons (Fsp3) is 0.500. The Kier molecular flexibility index (Phi) is 6.22. The Balaban J connectivity index is 2.14. The molecule has 0 heterocycles. The summed E-state index contributed by atoms with van der Waals surface area (Å²) in [5.41, 5.74) is -1.16. The molecule has 0 saturated heterocycles. The third-order valence-electron chi connectivity index (χ3n) is 8.21. The second kappa shape index (κ2) is 8.60. The van der Waals surface area contributed by atoms with Crippen molar-refractivity contribution < 1.29 is 44.8 Å². The number of aliphatic hydroxyl groups excluding tert-OH is 3. The number of nitrogens with two attached hydrogens (primary N) is 1. The predicted octanol–water partition coefficient (Wildman–Crippen LogP) is 0.702. The van der Waals surface area contributed by atoms with Gasteiger partial charge < -0.3 is 31.3 Å². The molecule has 7 N–H and O–H groups in total. The number of nitro benzene ring substituents is 1. The van der Waals surface area contributed by atoms with Crippen LogP contribution in [0.5, 0.6) is 5.75 Å². The summed E-state index contributed by atoms with van der Waals surface area (Å²) in [6, 6.07) is -0.340. The summed E-state index contributed by atoms with van der Waals surface area (Å²) >= 11 is 0. The standard InChI is InChI=1S/C26H31N3O10/c1-8-11-10(29(38)39)7-9(25(2,3)4)18(30)13(11)19(31)14-12(8)20(32)16-17(28(5)6)21(33)15(24(27)36)23(35)26(16,37)22(14)34/h7-8,12,16-17,20,30-32,35,37H,1-6H3,(H2,27,36)/t8-,12+,16+,17-,20-,26-/m1/s1. The van der Waals surface area contributed by atoms with Crippen LogP contribution < -0.4 is 5.73 Å². The Labute approximate surface area is 223 Å². The number of hydrogen-bond donors (Lipinski definition) is 6. The van der Waals surface area contributed by atoms with Gasteiger partial charge in [-0.3, -0.25) is 29.4 Å². The third kappa shape index (κ3) is 3.53. The monoisotopic (exact) mass is 545 g/mol. The fourth-order valence-corrected chi connectivity index (χ4v) is 6.46. The zero-order valence-electron chi connectivity index (χ0n) is 22.2. The summed E-state index contributed by atoms with van der Waals surface area (Å²) < 4.78 is 0. The van der Waals surface area contributed by atoms with Crippen molar-refractivity contribution >= 4 is 28.9 Å². The van der Waals surface area contributed by atoms with E-state index in [1.807, 2.05) is 0 Å². The van der Waals surface area contributed by atoms with Gasteiger partial charge >= 0.3 is 0 Å². The molecule has 13 nitrogen and oxygen atoms in total. The number of phenolic OH excluding ortho intramolecular Hbond substituents is 1. The van der Waals surface area contributed by atoms with Gasteiger partial charge in [-0.1, -0.05) is 27.7 Å². The van der Waals surface area contributed by atoms with Crippen LogP contribution in [0.4, 0.5) is 5.69 Å². The average molecular weight is 546 g/mol. The summed E-state index contributed by atoms with van der Waals surface area (Å²) in [6.07, 6.45) is -1.84. The highest BCUT2D eigenvalue weighted by molar-refractivity contribution is 6.24. The number of fused-ring (bicyclic) bond motifs is 3. The number of benzene rings is 1. The van der Waals surface area contributed by atoms with Crippen LogP contribution in [-0.2, 0) is 19.8 Å². The minimum atomic E-state index is -3.06. The summed E-state index contributed by atoms with van der Waals surface area (Å²) in [5.74, 6) is -10.8. The molecule has 1 saturated carbocycles. The van der Waals surface area contributed by atoms with Gasteiger partial charge in [0.1, 0.15) is 22.8 Å². The van der Waals surface area contributed by atoms with Gasteiger partial charge in [0.15, 0.2) is 11.4 Å². The minimum absolute atomic E-state index is 0.0980. The maximum absolute atomic E-state index is 14.0. The molecule has 1 fully saturated rings. The molecule has 0 bridgehead atoms. The number of rotatable bonds is 3. The molecule has 0 aliphatic heterocycles. The van der Waals surface area contributed by atoms with Gasteiger partial charge in [0, 0.05) is 28.7 Å². The lowest BCUT2D eigenvalue weighted by atomic mass is 9.54. The summed E-state index contributed by atoms with van der Waals surface area (Å²) in [5, 5.41) is 69.1. The van der Waals surface area contributed by atoms with Crippen LogP contribution in [0.25, 0.3) is 5.76 Å². The van der Waals surface area contributed by atoms with Crippen LogP contribution in [0.15, 0.2) is 23.0 Å². The van der Waals surface area contributed by atoms with Gasteiger partial charge in [-0.2, -0.15) is 0 Å². The lowest BCUT2D eigenvalue weighted by Gasteiger charge is -2.53. The van der Waals surface area contributed by atoms with Crippen LogP contribution in [0.1, 0.15) is 50.3 Å². The first-order valence-electron chi connectivity index (χ1n) is 12.2. The van der Waals surface area contributed by atoms with Crippen LogP contribution in [0.2, 0.25) is 0 Å². The molecular weight excluding hydrogens is 514 g/mol. The van der Waals surface area contributed by atoms with Gasteiger partial charge in [-0.25, -0.2) is 0 Å². The number of carbonyl (C=O) groups excluding carboxylic acids is 3. The topological polar surface area (TPSA) is 225 Å². The Bertz CT molecular complexity index is 1420. The van der Waals surface area contributed by atoms with Crippen molar-refractivity contribution in [3.63, 3.8) is 0 Å². The Morgan fingerprint density at radius 1 is 1.18 bits per heavy atom. The average Bonchev–Trinajstić information content (AvgIpc) is 2.79. The van der Waals surface area contributed by atoms with E-state index in [4.69, 9.17) is 5.73 Å². The molecule has 0 radical (unpaired) electrons. The summed E-state index contributed by atoms with van der Waals surface area (Å²) in [7, 11) is 2.78. The van der Waals surface area contributed by atoms with Crippen molar-refractivity contribution in [1.29, 1.82) is 0 Å². The number of phenols is 1. The number of aromatic hydroxyl groups is 1. The molecule has 0 unspecified atom stereocenters. The van der Waals surface area contributed by atoms with E-state index in [0.717, 1.165) is 0 Å². The van der Waals surface area contributed by atoms with Crippen molar-refractivity contribution in [3.05, 3.63) is 49.8 Å². The Morgan fingerprint density at radius 3 is 2.21 bits per heavy atom. The molecular formula is C26H31N3O10. The number of Topliss-reactive ketones (excluding diaryl/α,β-unsaturated/α-hetero) is 2. The van der Waals surface area contributed by atoms with Gasteiger partial charge in [0.2, 0.25) is 5.78 Å². The van der Waals surface area contributed by atoms with Gasteiger partial charge in [0.25, 0.3) is 11.6 Å². The van der Waals surface area contributed by atoms with Crippen molar-refractivity contribution in [3.8, 4) is 5.75 Å². The molecule has 13 heteroatoms. The highest BCUT2D eigenvalue weighted by Crippen LogP contribution is 2.58. The molecule has 1 aromatic carbocycles. The quantitative estimate of drug-likeness (QED) is 0.176. The third-order valence-corrected chi connectivity index (χ3v) is 8.21. The molecule has 0 spiro atoms. The molecule has 3 aliphatic rings. The second-order valence-electron chi connectivity index (χ2n) is 11.6. The molecule has 3 aliphatic carbocycles. The summed E-state index contributed by atoms with van der Waals surface area (Å²) in [6.45, 7) is 6.47. The number of primary amides is 1. The van der Waals surface area contributed by atoms with Crippen molar-refractivity contribution in [2.45, 2.75) is 56.8 Å². The normalized spacial score (nSPS) is 30.7. The largest absolute Gasteiger partial charge is 0.508 e. The highest BCUT2D eigenvalue weighted by Gasteiger charge is 2.68. The lowest BCUT2D eigenvalue weighted by molar-refractivity contribution is -0.386. The molecule has 39 heavy (non-hydrogen) atoms. The number of hydrogen-bond acceptors (Lipinski definition) is 11. The van der Waals surface area contributed by atoms with E-state index in [9.17, 15) is 50.0 Å². The van der Waals surface area contributed by atoms with Crippen LogP contribution in [-0.4, -0.2) is 84.7 Å². The van der Waals surface area contributed by atoms with E-state index >= 15 is 0 Å². The number of carbonyl (C=O) groups is 3. The Hall–Kier alpha value is -3.81. The van der Waals surface area contributed by atoms with E-state index < -0.39 is 103 Å². The van der Waals surface area contributed by atoms with E-state index in [-0.39, 0.29) is 11.1 Å². The van der Waals surface area contributed by atoms with Crippen LogP contribution >= 0.6 is 0 Å². The maximum Gasteiger partial charge on any atom is 0.274 e. The molecule has 210 valence electrons. The highest BCUT2D eigenvalue weighted by atomic mass is 16.6. The Morgan fingerprint density at radius 2 is 1.74 bits per heavy atom. The molecule has 6 atom stereocenters. The van der Waals surface area contributed by atoms with E-state index in [1.54, 1.807) is 20.8 Å². The second-order valence-corrected chi connectivity index (χ2v) is 11.6. The van der Waals surface area contributed by atoms with Gasteiger partial charge in [-0.05, 0) is 25.4 Å². The van der Waals surface area contributed by atoms with Crippen molar-refractivity contribution in [2.75, 3.05) is 14.1 Å². The SMILES string of the molecule is C[C@@H]1c2c([N+](=O)[O-])cc(C(C)(C)C)c(O)c2C(O)=C2C(=O)[C@@]3(O)C(O)=C(C(N)=O)C(=O)[C@H](N(C)C)[C@H]3[C@H](O)[C@H]21. The van der Waals surface area contributed by atoms with E-state index in [1.165, 1.54) is 32.0 Å². The van der Waals surface area contributed by atoms with Crippen molar-refractivity contribution in [1.82, 2.24) is 4.90 Å². The minimum Gasteiger partial charge on any atom is -0.508 e. The molecule has 1 aromatic rings. The zero-order valence-corrected chi connectivity index (χ0v) is 22.2. The number of nitro groups is 1. The molecule has 4 rings (SSSR count). The van der Waals surface area contributed by atoms with E-state index in [0.29, 0.717) is 0 Å². The van der Waals surface area contributed by atoms with Crippen LogP contribution in [0.3, 0.4) is 0 Å². The van der Waals surface area contributed by atoms with E-state index in [2.05, 4.69) is 0 Å². The van der Waals surface area contributed by atoms with Gasteiger partial charge in [0.05, 0.1) is 28.6 Å². The fourth-order valence-electron chi connectivity index (χ4n) is 6.46. The number of amides is 1. The number of likely N-dealkylation sites (N-methyl/N-ethyl adjacent to an activating group) is 1. The number of ketones is 2. The first-order valence-corrected chi connectivity index (χ1v) is 12.2. The number of nitrogens with zero attached hydrogens (tertiary/aromatic N) is 2. The first-order chi connectivity index (χ1) is 17.8. The first kappa shape index (κ1) is 28.2. The van der Waals surface area contributed by atoms with Gasteiger partial charge in [-0.15, -0.1) is 0 Å². The zero-order chi connectivity index (χ0) is 29.7. The lowest BCUT2D eigenvalue weighted by Crippen LogP contribution is -2.70. The summed E-state index contributed by atoms with van der Waals surface area (Å²) in [4.78, 5) is 52.0. The molecule has 1 amide bonds. The van der Waals surface area contributed by atoms with Crippen molar-refractivity contribution in [2.24, 2.45) is 17.6 Å². The van der Waals surface area contributed by atoms with Crippen LogP contribution in [0, 0.1) is 22.0 Å². The molecule has 0 aromatic heterocycles. The maximum atomic E-state index is 14.0. The smallest absolute Gasteiger partial charge is 0.274 e. The number of aliphatic hydroxyl groups is 4.